The third-order valence-corrected chi connectivity index (χ3v) is 24.4. The Morgan fingerprint density at radius 1 is 0.156 bits per heavy atom. The Bertz CT molecular complexity index is 6900. The van der Waals surface area contributed by atoms with Gasteiger partial charge in [-0.05, 0) is 268 Å². The fourth-order valence-electron chi connectivity index (χ4n) is 17.8. The second-order valence-electron chi connectivity index (χ2n) is 32.2. The zero-order valence-electron chi connectivity index (χ0n) is 70.0. The summed E-state index contributed by atoms with van der Waals surface area (Å²) in [5.74, 6) is 0. The second kappa shape index (κ2) is 34.2. The number of nitrogens with zero attached hydrogens (tertiary/aromatic N) is 10. The minimum atomic E-state index is 0.777. The highest BCUT2D eigenvalue weighted by molar-refractivity contribution is 5.97. The van der Waals surface area contributed by atoms with E-state index in [0.717, 1.165) is 190 Å². The molecule has 0 radical (unpaired) electrons. The molecule has 10 nitrogen and oxygen atoms in total. The molecule has 0 unspecified atom stereocenters. The number of para-hydroxylation sites is 4. The normalized spacial score (nSPS) is 11.3. The van der Waals surface area contributed by atoms with Crippen LogP contribution in [0, 0.1) is 0 Å². The summed E-state index contributed by atoms with van der Waals surface area (Å²) >= 11 is 0. The fraction of sp³-hybridized carbons (Fsp3) is 0. The van der Waals surface area contributed by atoms with Crippen LogP contribution < -0.4 is 18.3 Å². The Kier molecular flexibility index (Phi) is 20.5. The predicted octanol–water partition coefficient (Wildman–Crippen LogP) is 26.4. The van der Waals surface area contributed by atoms with Gasteiger partial charge in [-0.25, -0.2) is 36.5 Å². The molecular weight excluding hydrogens is 1560 g/mol. The van der Waals surface area contributed by atoms with Crippen molar-refractivity contribution in [1.29, 1.82) is 0 Å². The molecule has 22 aromatic rings. The lowest BCUT2D eigenvalue weighted by Gasteiger charge is -2.18. The van der Waals surface area contributed by atoms with E-state index in [0.29, 0.717) is 0 Å². The molecular formula is C118H84N10+4. The summed E-state index contributed by atoms with van der Waals surface area (Å²) < 4.78 is 17.2. The van der Waals surface area contributed by atoms with Gasteiger partial charge in [0.15, 0.2) is 0 Å². The topological polar surface area (TPSA) is 61.0 Å². The van der Waals surface area contributed by atoms with E-state index in [4.69, 9.17) is 9.97 Å². The van der Waals surface area contributed by atoms with Crippen LogP contribution in [0.5, 0.6) is 0 Å². The first kappa shape index (κ1) is 76.8. The molecule has 0 aliphatic carbocycles. The Morgan fingerprint density at radius 3 is 0.578 bits per heavy atom. The summed E-state index contributed by atoms with van der Waals surface area (Å²) in [7, 11) is 0. The molecule has 0 saturated carbocycles. The molecule has 6 aromatic heterocycles. The van der Waals surface area contributed by atoms with Gasteiger partial charge < -0.3 is 0 Å². The number of imidazole rings is 4. The van der Waals surface area contributed by atoms with Gasteiger partial charge in [-0.2, -0.15) is 0 Å². The van der Waals surface area contributed by atoms with Crippen LogP contribution in [0.1, 0.15) is 0 Å². The maximum Gasteiger partial charge on any atom is 0.254 e. The van der Waals surface area contributed by atoms with E-state index < -0.39 is 0 Å². The third kappa shape index (κ3) is 15.5. The molecule has 0 aliphatic heterocycles. The maximum atomic E-state index is 5.25. The van der Waals surface area contributed by atoms with Gasteiger partial charge in [0.25, 0.3) is 25.3 Å². The molecule has 16 aromatic carbocycles. The minimum Gasteiger partial charge on any atom is -0.254 e. The Hall–Kier alpha value is -17.3. The van der Waals surface area contributed by atoms with Crippen LogP contribution in [0.3, 0.4) is 0 Å². The van der Waals surface area contributed by atoms with E-state index in [1.165, 1.54) is 0 Å². The van der Waals surface area contributed by atoms with Crippen LogP contribution in [0.2, 0.25) is 0 Å². The molecule has 0 atom stereocenters. The van der Waals surface area contributed by atoms with Crippen LogP contribution in [-0.2, 0) is 0 Å². The molecule has 0 amide bonds. The van der Waals surface area contributed by atoms with Crippen molar-refractivity contribution in [2.75, 3.05) is 0 Å². The van der Waals surface area contributed by atoms with Crippen LogP contribution in [0.15, 0.2) is 512 Å². The van der Waals surface area contributed by atoms with Crippen molar-refractivity contribution in [3.63, 3.8) is 0 Å². The third-order valence-electron chi connectivity index (χ3n) is 24.4. The molecule has 0 bridgehead atoms. The van der Waals surface area contributed by atoms with E-state index in [1.807, 2.05) is 36.7 Å². The van der Waals surface area contributed by atoms with Crippen molar-refractivity contribution in [2.45, 2.75) is 0 Å². The standard InChI is InChI=1S/C118H84N10/c1-5-25-97(26-6-1)121-65-69-125(81-121)101-55-45-85(46-56-101)105-33-13-19-39-111(105)91-73-92(112-40-20-14-34-106(112)86-47-57-102(58-48-86)126-70-66-122(82-126)98-27-7-2-8-28-98)76-95(75-91)115-43-23-17-37-109(115)89-53-63-117(119-79-89)118-64-54-90(80-120-118)110-38-18-24-44-116(110)96-77-93(113-41-21-15-35-107(113)87-49-59-103(60-50-87)127-71-67-123(83-127)99-29-9-3-10-30-99)74-94(78-96)114-42-22-16-36-108(114)88-51-61-104(62-52-88)128-72-68-124(84-128)100-31-11-4-12-32-100/h1-84H/q+4. The quantitative estimate of drug-likeness (QED) is 0.0673. The number of hydrogen-bond donors (Lipinski definition) is 0. The number of pyridine rings is 2. The van der Waals surface area contributed by atoms with Crippen molar-refractivity contribution < 1.29 is 18.3 Å². The van der Waals surface area contributed by atoms with E-state index in [-0.39, 0.29) is 0 Å². The fourth-order valence-corrected chi connectivity index (χ4v) is 17.8. The number of hydrogen-bond acceptors (Lipinski definition) is 2. The number of rotatable bonds is 21. The summed E-state index contributed by atoms with van der Waals surface area (Å²) in [6.45, 7) is 0. The SMILES string of the molecule is c1ccc(-n2cc[n+](-c3ccc(-c4ccccc4-c4cc(-c5ccccc5-c5ccc(-n6cc[n+](-c7ccccc7)c6)cc5)cc(-c5ccccc5-c5ccc(-c6ccc(-c7ccccc7-c7cc(-c8ccccc8-c8ccc(-[n+]9ccn(-c%10ccccc%10)c9)cc8)cc(-c8ccccc8-c8ccc(-[n+]9ccn(-c%10ccccc%10)c9)cc8)c7)cn6)nc5)c4)cc3)c2)cc1. The average Bonchev–Trinajstić information content (AvgIpc) is 1.35. The first-order valence-electron chi connectivity index (χ1n) is 43.2. The van der Waals surface area contributed by atoms with Gasteiger partial charge in [-0.15, -0.1) is 0 Å². The van der Waals surface area contributed by atoms with Gasteiger partial charge in [0.1, 0.15) is 95.1 Å². The van der Waals surface area contributed by atoms with E-state index in [9.17, 15) is 0 Å². The summed E-state index contributed by atoms with van der Waals surface area (Å²) in [4.78, 5) is 10.5. The molecule has 0 fully saturated rings. The van der Waals surface area contributed by atoms with Gasteiger partial charge >= 0.3 is 0 Å². The largest absolute Gasteiger partial charge is 0.254 e. The van der Waals surface area contributed by atoms with Crippen molar-refractivity contribution >= 4 is 0 Å². The van der Waals surface area contributed by atoms with Gasteiger partial charge in [0, 0.05) is 23.5 Å². The van der Waals surface area contributed by atoms with E-state index >= 15 is 0 Å². The van der Waals surface area contributed by atoms with Gasteiger partial charge in [-0.1, -0.05) is 279 Å². The Balaban J connectivity index is 0.593. The summed E-state index contributed by atoms with van der Waals surface area (Å²) in [5.41, 5.74) is 36.7. The Labute approximate surface area is 743 Å². The average molecular weight is 1640 g/mol. The number of aromatic nitrogens is 10. The second-order valence-corrected chi connectivity index (χ2v) is 32.2. The highest BCUT2D eigenvalue weighted by atomic mass is 15.1. The van der Waals surface area contributed by atoms with E-state index in [2.05, 4.69) is 512 Å². The van der Waals surface area contributed by atoms with Crippen LogP contribution in [0.25, 0.3) is 190 Å². The molecule has 10 heteroatoms. The van der Waals surface area contributed by atoms with Crippen molar-refractivity contribution in [1.82, 2.24) is 28.2 Å². The van der Waals surface area contributed by atoms with Crippen molar-refractivity contribution in [3.8, 4) is 190 Å². The molecule has 6 heterocycles. The summed E-state index contributed by atoms with van der Waals surface area (Å²) in [5, 5.41) is 0. The molecule has 0 spiro atoms. The van der Waals surface area contributed by atoms with Crippen LogP contribution in [0.4, 0.5) is 0 Å². The van der Waals surface area contributed by atoms with Gasteiger partial charge in [0.05, 0.1) is 11.4 Å². The number of benzene rings is 16. The molecule has 128 heavy (non-hydrogen) atoms. The van der Waals surface area contributed by atoms with Crippen LogP contribution >= 0.6 is 0 Å². The van der Waals surface area contributed by atoms with Gasteiger partial charge in [0.2, 0.25) is 0 Å². The first-order valence-corrected chi connectivity index (χ1v) is 43.2. The highest BCUT2D eigenvalue weighted by Gasteiger charge is 2.23. The van der Waals surface area contributed by atoms with Gasteiger partial charge in [-0.3, -0.25) is 9.97 Å². The van der Waals surface area contributed by atoms with Crippen LogP contribution in [-0.4, -0.2) is 28.2 Å². The Morgan fingerprint density at radius 2 is 0.344 bits per heavy atom. The summed E-state index contributed by atoms with van der Waals surface area (Å²) in [6.07, 6.45) is 29.3. The molecule has 0 N–H and O–H groups in total. The molecule has 0 saturated heterocycles. The lowest BCUT2D eigenvalue weighted by molar-refractivity contribution is -0.595. The lowest BCUT2D eigenvalue weighted by Crippen LogP contribution is -2.27. The van der Waals surface area contributed by atoms with E-state index in [1.54, 1.807) is 0 Å². The smallest absolute Gasteiger partial charge is 0.254 e. The van der Waals surface area contributed by atoms with Crippen molar-refractivity contribution in [2.24, 2.45) is 0 Å². The molecule has 0 aliphatic rings. The maximum absolute atomic E-state index is 5.25. The zero-order valence-corrected chi connectivity index (χ0v) is 70.0. The van der Waals surface area contributed by atoms with Crippen molar-refractivity contribution in [3.05, 3.63) is 512 Å². The monoisotopic (exact) mass is 1640 g/mol. The minimum absolute atomic E-state index is 0.777. The molecule has 602 valence electrons. The highest BCUT2D eigenvalue weighted by Crippen LogP contribution is 2.46. The predicted molar refractivity (Wildman–Crippen MR) is 516 cm³/mol. The molecule has 22 rings (SSSR count). The lowest BCUT2D eigenvalue weighted by atomic mass is 9.86. The summed E-state index contributed by atoms with van der Waals surface area (Å²) in [6, 6.07) is 153. The zero-order chi connectivity index (χ0) is 85.1. The first-order chi connectivity index (χ1) is 63.4.